The number of nitrogens with zero attached hydrogens (tertiary/aromatic N) is 5. The Morgan fingerprint density at radius 2 is 2.12 bits per heavy atom. The van der Waals surface area contributed by atoms with E-state index in [1.54, 1.807) is 18.0 Å². The fourth-order valence-corrected chi connectivity index (χ4v) is 2.78. The van der Waals surface area contributed by atoms with Gasteiger partial charge >= 0.3 is 0 Å². The Bertz CT molecular complexity index is 1050. The van der Waals surface area contributed by atoms with Crippen LogP contribution >= 0.6 is 0 Å². The molecule has 25 heavy (non-hydrogen) atoms. The van der Waals surface area contributed by atoms with Crippen LogP contribution in [0.5, 0.6) is 5.75 Å². The van der Waals surface area contributed by atoms with Gasteiger partial charge in [0.2, 0.25) is 0 Å². The van der Waals surface area contributed by atoms with E-state index in [2.05, 4.69) is 30.4 Å². The average Bonchev–Trinajstić information content (AvgIpc) is 3.22. The standard InChI is InChI=1S/C17H19N7O/c1-4-14-22-16(11-8-19-24(2)17(11)23-14)18-9-15-20-12-6-5-10(25-3)7-13(12)21-15/h5-8H,4,9H2,1-3H3,(H,20,21)(H,18,22,23). The van der Waals surface area contributed by atoms with Gasteiger partial charge in [-0.1, -0.05) is 6.92 Å². The number of H-pyrrole nitrogens is 1. The second kappa shape index (κ2) is 6.04. The van der Waals surface area contributed by atoms with Gasteiger partial charge in [0.15, 0.2) is 5.65 Å². The summed E-state index contributed by atoms with van der Waals surface area (Å²) in [6.45, 7) is 2.56. The number of aromatic amines is 1. The lowest BCUT2D eigenvalue weighted by atomic mass is 10.3. The Kier molecular flexibility index (Phi) is 3.72. The molecule has 0 saturated heterocycles. The van der Waals surface area contributed by atoms with E-state index in [4.69, 9.17) is 4.74 Å². The smallest absolute Gasteiger partial charge is 0.163 e. The lowest BCUT2D eigenvalue weighted by Crippen LogP contribution is -2.06. The third kappa shape index (κ3) is 2.75. The minimum Gasteiger partial charge on any atom is -0.497 e. The maximum absolute atomic E-state index is 5.25. The highest BCUT2D eigenvalue weighted by Gasteiger charge is 2.11. The summed E-state index contributed by atoms with van der Waals surface area (Å²) in [7, 11) is 3.53. The van der Waals surface area contributed by atoms with Gasteiger partial charge in [0, 0.05) is 19.5 Å². The van der Waals surface area contributed by atoms with Crippen LogP contribution in [0.15, 0.2) is 24.4 Å². The van der Waals surface area contributed by atoms with Gasteiger partial charge in [-0.15, -0.1) is 0 Å². The van der Waals surface area contributed by atoms with Crippen LogP contribution < -0.4 is 10.1 Å². The second-order valence-electron chi connectivity index (χ2n) is 5.77. The van der Waals surface area contributed by atoms with Gasteiger partial charge in [0.25, 0.3) is 0 Å². The van der Waals surface area contributed by atoms with Gasteiger partial charge in [0.05, 0.1) is 36.3 Å². The maximum Gasteiger partial charge on any atom is 0.163 e. The number of aryl methyl sites for hydroxylation is 2. The van der Waals surface area contributed by atoms with Crippen LogP contribution in [0, 0.1) is 0 Å². The van der Waals surface area contributed by atoms with Crippen LogP contribution in [-0.4, -0.2) is 36.8 Å². The van der Waals surface area contributed by atoms with E-state index in [0.29, 0.717) is 6.54 Å². The first-order valence-electron chi connectivity index (χ1n) is 8.13. The van der Waals surface area contributed by atoms with Crippen molar-refractivity contribution in [2.24, 2.45) is 7.05 Å². The SMILES string of the molecule is CCc1nc(NCc2nc3ccc(OC)cc3[nH]2)c2cnn(C)c2n1. The molecule has 0 atom stereocenters. The molecule has 3 heterocycles. The number of hydrogen-bond acceptors (Lipinski definition) is 6. The molecule has 1 aromatic carbocycles. The molecule has 0 aliphatic carbocycles. The largest absolute Gasteiger partial charge is 0.497 e. The third-order valence-corrected chi connectivity index (χ3v) is 4.12. The number of ether oxygens (including phenoxy) is 1. The minimum atomic E-state index is 0.529. The van der Waals surface area contributed by atoms with Crippen molar-refractivity contribution >= 4 is 27.9 Å². The molecule has 8 heteroatoms. The molecule has 4 rings (SSSR count). The molecule has 0 fully saturated rings. The van der Waals surface area contributed by atoms with E-state index in [-0.39, 0.29) is 0 Å². The molecule has 2 N–H and O–H groups in total. The van der Waals surface area contributed by atoms with Crippen LogP contribution in [0.4, 0.5) is 5.82 Å². The monoisotopic (exact) mass is 337 g/mol. The molecule has 0 bridgehead atoms. The van der Waals surface area contributed by atoms with E-state index in [1.807, 2.05) is 32.2 Å². The highest BCUT2D eigenvalue weighted by Crippen LogP contribution is 2.22. The Balaban J connectivity index is 1.63. The zero-order chi connectivity index (χ0) is 17.4. The highest BCUT2D eigenvalue weighted by molar-refractivity contribution is 5.86. The number of aromatic nitrogens is 6. The molecule has 0 aliphatic heterocycles. The van der Waals surface area contributed by atoms with Crippen molar-refractivity contribution in [1.82, 2.24) is 29.7 Å². The van der Waals surface area contributed by atoms with Gasteiger partial charge in [-0.25, -0.2) is 15.0 Å². The van der Waals surface area contributed by atoms with Gasteiger partial charge < -0.3 is 15.0 Å². The van der Waals surface area contributed by atoms with E-state index < -0.39 is 0 Å². The van der Waals surface area contributed by atoms with Crippen molar-refractivity contribution in [3.05, 3.63) is 36.0 Å². The molecule has 0 unspecified atom stereocenters. The molecule has 8 nitrogen and oxygen atoms in total. The van der Waals surface area contributed by atoms with Gasteiger partial charge in [-0.3, -0.25) is 4.68 Å². The Hall–Kier alpha value is -3.16. The molecule has 128 valence electrons. The molecule has 4 aromatic rings. The number of imidazole rings is 1. The summed E-state index contributed by atoms with van der Waals surface area (Å²) in [5.41, 5.74) is 2.67. The predicted octanol–water partition coefficient (Wildman–Crippen LogP) is 2.42. The van der Waals surface area contributed by atoms with Crippen molar-refractivity contribution in [2.75, 3.05) is 12.4 Å². The van der Waals surface area contributed by atoms with Crippen LogP contribution in [0.1, 0.15) is 18.6 Å². The number of rotatable bonds is 5. The number of nitrogens with one attached hydrogen (secondary N) is 2. The average molecular weight is 337 g/mol. The van der Waals surface area contributed by atoms with Crippen LogP contribution in [0.3, 0.4) is 0 Å². The highest BCUT2D eigenvalue weighted by atomic mass is 16.5. The summed E-state index contributed by atoms with van der Waals surface area (Å²) in [6, 6.07) is 5.77. The Morgan fingerprint density at radius 3 is 2.92 bits per heavy atom. The number of hydrogen-bond donors (Lipinski definition) is 2. The molecule has 0 saturated carbocycles. The Morgan fingerprint density at radius 1 is 1.24 bits per heavy atom. The summed E-state index contributed by atoms with van der Waals surface area (Å²) in [5.74, 6) is 3.19. The van der Waals surface area contributed by atoms with Crippen molar-refractivity contribution in [1.29, 1.82) is 0 Å². The van der Waals surface area contributed by atoms with Crippen LogP contribution in [0.25, 0.3) is 22.1 Å². The van der Waals surface area contributed by atoms with Crippen LogP contribution in [-0.2, 0) is 20.0 Å². The maximum atomic E-state index is 5.25. The normalized spacial score (nSPS) is 11.3. The number of methoxy groups -OCH3 is 1. The molecule has 0 amide bonds. The Labute approximate surface area is 144 Å². The third-order valence-electron chi connectivity index (χ3n) is 4.12. The first-order chi connectivity index (χ1) is 12.2. The van der Waals surface area contributed by atoms with Crippen molar-refractivity contribution < 1.29 is 4.74 Å². The molecule has 0 spiro atoms. The number of benzene rings is 1. The topological polar surface area (TPSA) is 93.5 Å². The quantitative estimate of drug-likeness (QED) is 0.581. The predicted molar refractivity (Wildman–Crippen MR) is 95.7 cm³/mol. The lowest BCUT2D eigenvalue weighted by Gasteiger charge is -2.07. The van der Waals surface area contributed by atoms with Crippen molar-refractivity contribution in [3.8, 4) is 5.75 Å². The first kappa shape index (κ1) is 15.4. The van der Waals surface area contributed by atoms with E-state index >= 15 is 0 Å². The summed E-state index contributed by atoms with van der Waals surface area (Å²) in [6.07, 6.45) is 2.54. The van der Waals surface area contributed by atoms with Crippen molar-refractivity contribution in [3.63, 3.8) is 0 Å². The van der Waals surface area contributed by atoms with Gasteiger partial charge in [-0.05, 0) is 12.1 Å². The van der Waals surface area contributed by atoms with E-state index in [0.717, 1.165) is 51.7 Å². The zero-order valence-corrected chi connectivity index (χ0v) is 14.4. The molecule has 0 aliphatic rings. The summed E-state index contributed by atoms with van der Waals surface area (Å²) in [5, 5.41) is 8.53. The summed E-state index contributed by atoms with van der Waals surface area (Å²) >= 11 is 0. The van der Waals surface area contributed by atoms with Crippen LogP contribution in [0.2, 0.25) is 0 Å². The van der Waals surface area contributed by atoms with Gasteiger partial charge in [-0.2, -0.15) is 5.10 Å². The number of fused-ring (bicyclic) bond motifs is 2. The van der Waals surface area contributed by atoms with E-state index in [9.17, 15) is 0 Å². The second-order valence-corrected chi connectivity index (χ2v) is 5.77. The summed E-state index contributed by atoms with van der Waals surface area (Å²) in [4.78, 5) is 17.0. The first-order valence-corrected chi connectivity index (χ1v) is 8.13. The molecular weight excluding hydrogens is 318 g/mol. The fourth-order valence-electron chi connectivity index (χ4n) is 2.78. The lowest BCUT2D eigenvalue weighted by molar-refractivity contribution is 0.415. The molecule has 3 aromatic heterocycles. The fraction of sp³-hybridized carbons (Fsp3) is 0.294. The van der Waals surface area contributed by atoms with Crippen molar-refractivity contribution in [2.45, 2.75) is 19.9 Å². The number of anilines is 1. The molecule has 0 radical (unpaired) electrons. The summed E-state index contributed by atoms with van der Waals surface area (Å²) < 4.78 is 7.01. The minimum absolute atomic E-state index is 0.529. The molecular formula is C17H19N7O. The zero-order valence-electron chi connectivity index (χ0n) is 14.4. The van der Waals surface area contributed by atoms with E-state index in [1.165, 1.54) is 0 Å². The van der Waals surface area contributed by atoms with Gasteiger partial charge in [0.1, 0.15) is 23.2 Å².